The topological polar surface area (TPSA) is 60.6 Å². The third kappa shape index (κ3) is 4.26. The average molecular weight is 331 g/mol. The van der Waals surface area contributed by atoms with E-state index in [4.69, 9.17) is 14.0 Å². The van der Waals surface area contributed by atoms with Gasteiger partial charge >= 0.3 is 0 Å². The summed E-state index contributed by atoms with van der Waals surface area (Å²) >= 11 is 0. The molecule has 1 atom stereocenters. The Balaban J connectivity index is 1.50. The van der Waals surface area contributed by atoms with Crippen LogP contribution in [0.15, 0.2) is 28.8 Å². The normalized spacial score (nSPS) is 18.5. The van der Waals surface area contributed by atoms with Gasteiger partial charge in [-0.25, -0.2) is 0 Å². The minimum absolute atomic E-state index is 0.354. The molecule has 0 aliphatic carbocycles. The molecule has 6 heteroatoms. The Kier molecular flexibility index (Phi) is 5.69. The highest BCUT2D eigenvalue weighted by Crippen LogP contribution is 2.27. The predicted molar refractivity (Wildman–Crippen MR) is 90.6 cm³/mol. The van der Waals surface area contributed by atoms with E-state index in [1.807, 2.05) is 38.1 Å². The van der Waals surface area contributed by atoms with E-state index >= 15 is 0 Å². The molecule has 0 unspecified atom stereocenters. The molecule has 24 heavy (non-hydrogen) atoms. The van der Waals surface area contributed by atoms with Gasteiger partial charge in [-0.2, -0.15) is 4.98 Å². The van der Waals surface area contributed by atoms with E-state index in [1.54, 1.807) is 0 Å². The average Bonchev–Trinajstić information content (AvgIpc) is 3.04. The van der Waals surface area contributed by atoms with Crippen LogP contribution in [0.2, 0.25) is 0 Å². The third-order valence-corrected chi connectivity index (χ3v) is 4.23. The van der Waals surface area contributed by atoms with E-state index in [1.165, 1.54) is 0 Å². The van der Waals surface area contributed by atoms with Crippen molar-refractivity contribution >= 4 is 0 Å². The van der Waals surface area contributed by atoms with Crippen LogP contribution in [0.4, 0.5) is 0 Å². The first-order valence-electron chi connectivity index (χ1n) is 8.63. The first-order chi connectivity index (χ1) is 11.8. The van der Waals surface area contributed by atoms with E-state index in [0.29, 0.717) is 25.0 Å². The molecule has 6 nitrogen and oxygen atoms in total. The van der Waals surface area contributed by atoms with Gasteiger partial charge in [-0.1, -0.05) is 17.3 Å². The van der Waals surface area contributed by atoms with Gasteiger partial charge in [0, 0.05) is 25.9 Å². The van der Waals surface area contributed by atoms with Crippen LogP contribution in [0, 0.1) is 6.92 Å². The summed E-state index contributed by atoms with van der Waals surface area (Å²) in [5.74, 6) is 3.44. The number of likely N-dealkylation sites (tertiary alicyclic amines) is 1. The van der Waals surface area contributed by atoms with Crippen LogP contribution < -0.4 is 9.47 Å². The molecule has 1 aromatic heterocycles. The zero-order chi connectivity index (χ0) is 16.8. The number of aryl methyl sites for hydroxylation is 1. The smallest absolute Gasteiger partial charge is 0.223 e. The summed E-state index contributed by atoms with van der Waals surface area (Å²) in [6.45, 7) is 8.01. The zero-order valence-electron chi connectivity index (χ0n) is 14.4. The number of aromatic nitrogens is 2. The monoisotopic (exact) mass is 331 g/mol. The summed E-state index contributed by atoms with van der Waals surface area (Å²) in [5.41, 5.74) is 0. The molecule has 0 bridgehead atoms. The Morgan fingerprint density at radius 3 is 2.75 bits per heavy atom. The minimum Gasteiger partial charge on any atom is -0.490 e. The number of hydrogen-bond acceptors (Lipinski definition) is 6. The molecular weight excluding hydrogens is 306 g/mol. The maximum absolute atomic E-state index is 5.92. The lowest BCUT2D eigenvalue weighted by atomic mass is 9.97. The van der Waals surface area contributed by atoms with E-state index < -0.39 is 0 Å². The van der Waals surface area contributed by atoms with Crippen molar-refractivity contribution in [3.63, 3.8) is 0 Å². The fourth-order valence-corrected chi connectivity index (χ4v) is 3.08. The second-order valence-corrected chi connectivity index (χ2v) is 6.04. The second-order valence-electron chi connectivity index (χ2n) is 6.04. The zero-order valence-corrected chi connectivity index (χ0v) is 14.4. The highest BCUT2D eigenvalue weighted by molar-refractivity contribution is 5.39. The Labute approximate surface area is 142 Å². The van der Waals surface area contributed by atoms with E-state index in [0.717, 1.165) is 49.8 Å². The third-order valence-electron chi connectivity index (χ3n) is 4.23. The first kappa shape index (κ1) is 16.8. The van der Waals surface area contributed by atoms with Crippen LogP contribution in [-0.2, 0) is 0 Å². The van der Waals surface area contributed by atoms with Crippen molar-refractivity contribution in [2.75, 3.05) is 32.8 Å². The van der Waals surface area contributed by atoms with Crippen molar-refractivity contribution in [2.45, 2.75) is 32.6 Å². The number of benzene rings is 1. The Morgan fingerprint density at radius 2 is 2.04 bits per heavy atom. The quantitative estimate of drug-likeness (QED) is 0.777. The molecule has 0 radical (unpaired) electrons. The second kappa shape index (κ2) is 8.15. The van der Waals surface area contributed by atoms with Gasteiger partial charge in [0.2, 0.25) is 5.89 Å². The van der Waals surface area contributed by atoms with Crippen molar-refractivity contribution < 1.29 is 14.0 Å². The maximum Gasteiger partial charge on any atom is 0.223 e. The molecule has 1 aliphatic heterocycles. The first-order valence-corrected chi connectivity index (χ1v) is 8.63. The van der Waals surface area contributed by atoms with Crippen molar-refractivity contribution in [2.24, 2.45) is 0 Å². The number of piperidine rings is 1. The largest absolute Gasteiger partial charge is 0.490 e. The number of hydrogen-bond donors (Lipinski definition) is 0. The van der Waals surface area contributed by atoms with Crippen LogP contribution in [0.3, 0.4) is 0 Å². The molecule has 1 aliphatic rings. The van der Waals surface area contributed by atoms with Gasteiger partial charge < -0.3 is 14.0 Å². The molecule has 0 saturated carbocycles. The number of rotatable bonds is 7. The Bertz CT molecular complexity index is 644. The van der Waals surface area contributed by atoms with Crippen LogP contribution in [-0.4, -0.2) is 47.9 Å². The van der Waals surface area contributed by atoms with Gasteiger partial charge in [0.05, 0.1) is 6.61 Å². The van der Waals surface area contributed by atoms with Crippen molar-refractivity contribution in [1.82, 2.24) is 15.0 Å². The van der Waals surface area contributed by atoms with Crippen LogP contribution in [0.5, 0.6) is 11.5 Å². The Hall–Kier alpha value is -2.08. The van der Waals surface area contributed by atoms with E-state index in [2.05, 4.69) is 15.0 Å². The van der Waals surface area contributed by atoms with Gasteiger partial charge in [-0.05, 0) is 38.4 Å². The molecule has 0 N–H and O–H groups in total. The standard InChI is InChI=1S/C18H25N3O3/c1-3-22-16-8-4-5-9-17(16)23-12-11-21-10-6-7-15(13-21)18-19-14(2)24-20-18/h4-5,8-9,15H,3,6-7,10-13H2,1-2H3/t15-/m1/s1. The molecule has 1 saturated heterocycles. The van der Waals surface area contributed by atoms with E-state index in [-0.39, 0.29) is 0 Å². The molecule has 3 rings (SSSR count). The lowest BCUT2D eigenvalue weighted by molar-refractivity contribution is 0.164. The lowest BCUT2D eigenvalue weighted by Crippen LogP contribution is -2.37. The van der Waals surface area contributed by atoms with Crippen molar-refractivity contribution in [1.29, 1.82) is 0 Å². The van der Waals surface area contributed by atoms with Crippen molar-refractivity contribution in [3.8, 4) is 11.5 Å². The number of ether oxygens (including phenoxy) is 2. The summed E-state index contributed by atoms with van der Waals surface area (Å²) in [4.78, 5) is 6.78. The van der Waals surface area contributed by atoms with Gasteiger partial charge in [-0.3, -0.25) is 4.90 Å². The van der Waals surface area contributed by atoms with Crippen molar-refractivity contribution in [3.05, 3.63) is 36.0 Å². The van der Waals surface area contributed by atoms with Gasteiger partial charge in [0.1, 0.15) is 6.61 Å². The number of nitrogens with zero attached hydrogens (tertiary/aromatic N) is 3. The maximum atomic E-state index is 5.92. The summed E-state index contributed by atoms with van der Waals surface area (Å²) in [5, 5.41) is 4.07. The molecule has 130 valence electrons. The highest BCUT2D eigenvalue weighted by Gasteiger charge is 2.24. The van der Waals surface area contributed by atoms with Gasteiger partial charge in [0.15, 0.2) is 17.3 Å². The van der Waals surface area contributed by atoms with Gasteiger partial charge in [-0.15, -0.1) is 0 Å². The van der Waals surface area contributed by atoms with Crippen LogP contribution in [0.1, 0.15) is 37.4 Å². The molecule has 1 aromatic carbocycles. The fraction of sp³-hybridized carbons (Fsp3) is 0.556. The lowest BCUT2D eigenvalue weighted by Gasteiger charge is -2.31. The minimum atomic E-state index is 0.354. The summed E-state index contributed by atoms with van der Waals surface area (Å²) in [6.07, 6.45) is 2.26. The predicted octanol–water partition coefficient (Wildman–Crippen LogP) is 3.04. The highest BCUT2D eigenvalue weighted by atomic mass is 16.5. The molecular formula is C18H25N3O3. The summed E-state index contributed by atoms with van der Waals surface area (Å²) in [7, 11) is 0. The SMILES string of the molecule is CCOc1ccccc1OCCN1CCC[C@@H](c2noc(C)n2)C1. The van der Waals surface area contributed by atoms with Crippen LogP contribution in [0.25, 0.3) is 0 Å². The summed E-state index contributed by atoms with van der Waals surface area (Å²) < 4.78 is 16.6. The molecule has 2 heterocycles. The Morgan fingerprint density at radius 1 is 1.25 bits per heavy atom. The summed E-state index contributed by atoms with van der Waals surface area (Å²) in [6, 6.07) is 7.81. The fourth-order valence-electron chi connectivity index (χ4n) is 3.08. The van der Waals surface area contributed by atoms with Gasteiger partial charge in [0.25, 0.3) is 0 Å². The van der Waals surface area contributed by atoms with Crippen LogP contribution >= 0.6 is 0 Å². The van der Waals surface area contributed by atoms with E-state index in [9.17, 15) is 0 Å². The molecule has 2 aromatic rings. The molecule has 0 spiro atoms. The number of para-hydroxylation sites is 2. The molecule has 1 fully saturated rings. The molecule has 0 amide bonds.